The maximum atomic E-state index is 12.6. The third kappa shape index (κ3) is 3.86. The number of Topliss-reactive ketones (excluding diaryl/α,β-unsaturated/α-hetero) is 1. The number of ketones is 1. The lowest BCUT2D eigenvalue weighted by Gasteiger charge is -2.46. The first-order valence-electron chi connectivity index (χ1n) is 8.57. The summed E-state index contributed by atoms with van der Waals surface area (Å²) in [4.78, 5) is 38.4. The summed E-state index contributed by atoms with van der Waals surface area (Å²) >= 11 is 0. The number of esters is 1. The van der Waals surface area contributed by atoms with E-state index in [4.69, 9.17) is 9.47 Å². The van der Waals surface area contributed by atoms with E-state index in [1.807, 2.05) is 0 Å². The number of hydrogen-bond donors (Lipinski definition) is 1. The maximum absolute atomic E-state index is 12.6. The van der Waals surface area contributed by atoms with Crippen LogP contribution in [0, 0.1) is 0 Å². The fourth-order valence-corrected chi connectivity index (χ4v) is 3.09. The molecule has 0 radical (unpaired) electrons. The second-order valence-electron chi connectivity index (χ2n) is 7.01. The van der Waals surface area contributed by atoms with Gasteiger partial charge in [0.2, 0.25) is 0 Å². The van der Waals surface area contributed by atoms with E-state index in [2.05, 4.69) is 0 Å². The van der Waals surface area contributed by atoms with Crippen LogP contribution >= 0.6 is 0 Å². The Morgan fingerprint density at radius 3 is 2.16 bits per heavy atom. The molecule has 7 nitrogen and oxygen atoms in total. The Morgan fingerprint density at radius 1 is 1.20 bits per heavy atom. The zero-order chi connectivity index (χ0) is 19.6. The first kappa shape index (κ1) is 21.2. The number of hydrogen-bond acceptors (Lipinski definition) is 6. The van der Waals surface area contributed by atoms with Gasteiger partial charge in [-0.1, -0.05) is 13.8 Å². The van der Waals surface area contributed by atoms with Crippen molar-refractivity contribution in [2.75, 3.05) is 13.7 Å². The average molecular weight is 355 g/mol. The number of amides is 1. The predicted octanol–water partition coefficient (Wildman–Crippen LogP) is 2.22. The average Bonchev–Trinajstić information content (AvgIpc) is 2.50. The Kier molecular flexibility index (Phi) is 6.39. The van der Waals surface area contributed by atoms with Gasteiger partial charge in [-0.25, -0.2) is 9.59 Å². The molecule has 0 heterocycles. The minimum absolute atomic E-state index is 0.0631. The lowest BCUT2D eigenvalue weighted by molar-refractivity contribution is -0.164. The van der Waals surface area contributed by atoms with Gasteiger partial charge < -0.3 is 14.6 Å². The van der Waals surface area contributed by atoms with E-state index in [9.17, 15) is 19.5 Å². The van der Waals surface area contributed by atoms with Crippen LogP contribution in [0.25, 0.3) is 0 Å². The van der Waals surface area contributed by atoms with Gasteiger partial charge >= 0.3 is 12.1 Å². The highest BCUT2D eigenvalue weighted by atomic mass is 16.6. The number of rotatable bonds is 6. The van der Waals surface area contributed by atoms with E-state index in [1.165, 1.54) is 7.05 Å². The van der Waals surface area contributed by atoms with Crippen molar-refractivity contribution < 1.29 is 29.0 Å². The van der Waals surface area contributed by atoms with Crippen LogP contribution in [0.5, 0.6) is 0 Å². The van der Waals surface area contributed by atoms with E-state index in [1.54, 1.807) is 41.5 Å². The van der Waals surface area contributed by atoms with E-state index in [-0.39, 0.29) is 6.61 Å². The molecule has 2 unspecified atom stereocenters. The molecule has 7 heteroatoms. The van der Waals surface area contributed by atoms with Crippen molar-refractivity contribution in [3.8, 4) is 0 Å². The van der Waals surface area contributed by atoms with Crippen molar-refractivity contribution >= 4 is 17.8 Å². The maximum Gasteiger partial charge on any atom is 0.410 e. The number of likely N-dealkylation sites (N-methyl/N-ethyl adjacent to an activating group) is 1. The molecule has 1 amide bonds. The Balaban J connectivity index is 3.32. The molecule has 0 spiro atoms. The summed E-state index contributed by atoms with van der Waals surface area (Å²) in [7, 11) is 1.32. The third-order valence-electron chi connectivity index (χ3n) is 4.13. The molecular formula is C18H29NO6. The first-order valence-corrected chi connectivity index (χ1v) is 8.57. The smallest absolute Gasteiger partial charge is 0.410 e. The molecule has 142 valence electrons. The molecule has 0 aromatic heterocycles. The van der Waals surface area contributed by atoms with Crippen molar-refractivity contribution in [1.29, 1.82) is 0 Å². The second-order valence-corrected chi connectivity index (χ2v) is 7.01. The molecule has 1 rings (SSSR count). The summed E-state index contributed by atoms with van der Waals surface area (Å²) in [5.74, 6) is -1.38. The Hall–Kier alpha value is -1.89. The predicted molar refractivity (Wildman–Crippen MR) is 92.0 cm³/mol. The first-order chi connectivity index (χ1) is 11.4. The second kappa shape index (κ2) is 7.56. The van der Waals surface area contributed by atoms with Crippen molar-refractivity contribution in [2.45, 2.75) is 71.6 Å². The van der Waals surface area contributed by atoms with Gasteiger partial charge in [-0.2, -0.15) is 0 Å². The van der Waals surface area contributed by atoms with Gasteiger partial charge in [0.05, 0.1) is 6.61 Å². The lowest BCUT2D eigenvalue weighted by Crippen LogP contribution is -2.67. The van der Waals surface area contributed by atoms with Crippen molar-refractivity contribution in [1.82, 2.24) is 4.90 Å². The monoisotopic (exact) mass is 355 g/mol. The number of carbonyl (C=O) groups is 3. The zero-order valence-electron chi connectivity index (χ0n) is 16.1. The van der Waals surface area contributed by atoms with E-state index in [0.29, 0.717) is 24.0 Å². The number of aliphatic hydroxyl groups is 1. The molecule has 25 heavy (non-hydrogen) atoms. The summed E-state index contributed by atoms with van der Waals surface area (Å²) in [6, 6.07) is -1.49. The van der Waals surface area contributed by atoms with Crippen molar-refractivity contribution in [3.63, 3.8) is 0 Å². The number of ether oxygens (including phenoxy) is 2. The van der Waals surface area contributed by atoms with Gasteiger partial charge in [-0.15, -0.1) is 0 Å². The summed E-state index contributed by atoms with van der Waals surface area (Å²) in [6.07, 6.45) is 0.0339. The fourth-order valence-electron chi connectivity index (χ4n) is 3.09. The van der Waals surface area contributed by atoms with Crippen LogP contribution in [0.1, 0.15) is 54.4 Å². The van der Waals surface area contributed by atoms with Crippen molar-refractivity contribution in [3.05, 3.63) is 11.1 Å². The van der Waals surface area contributed by atoms with Gasteiger partial charge in [0, 0.05) is 12.6 Å². The van der Waals surface area contributed by atoms with Crippen molar-refractivity contribution in [2.24, 2.45) is 0 Å². The highest BCUT2D eigenvalue weighted by Crippen LogP contribution is 2.43. The van der Waals surface area contributed by atoms with Crippen LogP contribution in [0.3, 0.4) is 0 Å². The topological polar surface area (TPSA) is 93.1 Å². The highest BCUT2D eigenvalue weighted by molar-refractivity contribution is 6.15. The zero-order valence-corrected chi connectivity index (χ0v) is 16.1. The molecule has 1 N–H and O–H groups in total. The van der Waals surface area contributed by atoms with Gasteiger partial charge in [0.1, 0.15) is 5.60 Å². The summed E-state index contributed by atoms with van der Waals surface area (Å²) < 4.78 is 10.3. The van der Waals surface area contributed by atoms with E-state index >= 15 is 0 Å². The molecule has 0 aliphatic heterocycles. The number of nitrogens with zero attached hydrogens (tertiary/aromatic N) is 1. The van der Waals surface area contributed by atoms with Gasteiger partial charge in [0.25, 0.3) is 0 Å². The molecule has 0 aromatic carbocycles. The largest absolute Gasteiger partial charge is 0.464 e. The van der Waals surface area contributed by atoms with E-state index < -0.39 is 35.1 Å². The van der Waals surface area contributed by atoms with Gasteiger partial charge in [0.15, 0.2) is 17.4 Å². The normalized spacial score (nSPS) is 21.5. The Morgan fingerprint density at radius 2 is 1.76 bits per heavy atom. The molecule has 1 aliphatic rings. The molecule has 0 aromatic rings. The van der Waals surface area contributed by atoms with Gasteiger partial charge in [-0.3, -0.25) is 9.69 Å². The van der Waals surface area contributed by atoms with Gasteiger partial charge in [-0.05, 0) is 46.1 Å². The van der Waals surface area contributed by atoms with E-state index in [0.717, 1.165) is 4.90 Å². The van der Waals surface area contributed by atoms with Crippen LogP contribution in [-0.2, 0) is 19.1 Å². The van der Waals surface area contributed by atoms with Crippen LogP contribution < -0.4 is 0 Å². The minimum atomic E-state index is -2.07. The molecular weight excluding hydrogens is 326 g/mol. The molecule has 1 aliphatic carbocycles. The molecule has 0 bridgehead atoms. The Bertz CT molecular complexity index is 589. The van der Waals surface area contributed by atoms with Crippen LogP contribution in [0.4, 0.5) is 4.79 Å². The summed E-state index contributed by atoms with van der Waals surface area (Å²) in [5, 5.41) is 11.1. The Labute approximate surface area is 149 Å². The fraction of sp³-hybridized carbons (Fsp3) is 0.722. The molecule has 0 fully saturated rings. The highest BCUT2D eigenvalue weighted by Gasteiger charge is 2.61. The summed E-state index contributed by atoms with van der Waals surface area (Å²) in [6.45, 7) is 10.3. The van der Waals surface area contributed by atoms with Crippen LogP contribution in [0.2, 0.25) is 0 Å². The lowest BCUT2D eigenvalue weighted by atomic mass is 9.65. The van der Waals surface area contributed by atoms with Crippen LogP contribution in [-0.4, -0.2) is 58.8 Å². The molecule has 0 saturated carbocycles. The standard InChI is InChI=1S/C18H29NO6/c1-8-11-12(9-2)18(23,14(11)20)13(15(21)24-10-3)19(7)16(22)25-17(4,5)6/h13,23H,8-10H2,1-7H3. The molecule has 2 atom stereocenters. The minimum Gasteiger partial charge on any atom is -0.464 e. The molecule has 0 saturated heterocycles. The number of carbonyl (C=O) groups excluding carboxylic acids is 3. The SMILES string of the molecule is CCOC(=O)C(N(C)C(=O)OC(C)(C)C)C1(O)C(=O)C(CC)=C1CC. The quantitative estimate of drug-likeness (QED) is 0.734. The third-order valence-corrected chi connectivity index (χ3v) is 4.13. The van der Waals surface area contributed by atoms with Crippen LogP contribution in [0.15, 0.2) is 11.1 Å². The summed E-state index contributed by atoms with van der Waals surface area (Å²) in [5.41, 5.74) is -1.89.